The van der Waals surface area contributed by atoms with E-state index in [1.54, 1.807) is 30.6 Å². The summed E-state index contributed by atoms with van der Waals surface area (Å²) in [5.41, 5.74) is 1.38. The van der Waals surface area contributed by atoms with Crippen LogP contribution in [0.5, 0.6) is 0 Å². The van der Waals surface area contributed by atoms with Gasteiger partial charge in [0.25, 0.3) is 0 Å². The van der Waals surface area contributed by atoms with E-state index in [0.29, 0.717) is 10.6 Å². The number of benzene rings is 1. The fraction of sp³-hybridized carbons (Fsp3) is 0.0909. The zero-order valence-corrected chi connectivity index (χ0v) is 10.5. The molecular formula is C11H8BrClN2O. The van der Waals surface area contributed by atoms with Crippen molar-refractivity contribution in [1.82, 2.24) is 9.97 Å². The van der Waals surface area contributed by atoms with Crippen LogP contribution in [0.1, 0.15) is 17.2 Å². The van der Waals surface area contributed by atoms with E-state index in [0.717, 1.165) is 10.0 Å². The summed E-state index contributed by atoms with van der Waals surface area (Å²) in [5, 5.41) is 10.7. The van der Waals surface area contributed by atoms with Crippen molar-refractivity contribution in [1.29, 1.82) is 0 Å². The molecule has 5 heteroatoms. The summed E-state index contributed by atoms with van der Waals surface area (Å²) in [5.74, 6) is 0. The van der Waals surface area contributed by atoms with E-state index in [1.165, 1.54) is 6.33 Å². The molecule has 1 unspecified atom stereocenters. The van der Waals surface area contributed by atoms with Gasteiger partial charge < -0.3 is 5.11 Å². The van der Waals surface area contributed by atoms with E-state index in [-0.39, 0.29) is 0 Å². The van der Waals surface area contributed by atoms with Gasteiger partial charge in [0.05, 0.1) is 0 Å². The van der Waals surface area contributed by atoms with Crippen LogP contribution < -0.4 is 0 Å². The summed E-state index contributed by atoms with van der Waals surface area (Å²) in [6, 6.07) is 5.24. The number of hydrogen-bond donors (Lipinski definition) is 1. The van der Waals surface area contributed by atoms with Gasteiger partial charge in [-0.1, -0.05) is 33.6 Å². The van der Waals surface area contributed by atoms with Crippen molar-refractivity contribution in [3.63, 3.8) is 0 Å². The van der Waals surface area contributed by atoms with Crippen LogP contribution in [0.2, 0.25) is 5.02 Å². The Morgan fingerprint density at radius 2 is 1.94 bits per heavy atom. The molecule has 0 aliphatic rings. The lowest BCUT2D eigenvalue weighted by Gasteiger charge is -2.12. The number of aliphatic hydroxyl groups excluding tert-OH is 1. The molecule has 0 aliphatic heterocycles. The van der Waals surface area contributed by atoms with E-state index >= 15 is 0 Å². The van der Waals surface area contributed by atoms with Crippen molar-refractivity contribution in [2.24, 2.45) is 0 Å². The van der Waals surface area contributed by atoms with Gasteiger partial charge in [0.15, 0.2) is 0 Å². The zero-order chi connectivity index (χ0) is 11.5. The quantitative estimate of drug-likeness (QED) is 0.927. The predicted octanol–water partition coefficient (Wildman–Crippen LogP) is 2.97. The van der Waals surface area contributed by atoms with Crippen LogP contribution in [0.25, 0.3) is 0 Å². The maximum Gasteiger partial charge on any atom is 0.115 e. The standard InChI is InChI=1S/C11H8BrClN2O/c12-10-3-8(13)1-2-9(10)11(16)7-4-14-6-15-5-7/h1-6,11,16H. The molecule has 1 heterocycles. The zero-order valence-electron chi connectivity index (χ0n) is 8.14. The van der Waals surface area contributed by atoms with Gasteiger partial charge in [0, 0.05) is 27.5 Å². The summed E-state index contributed by atoms with van der Waals surface area (Å²) in [6.07, 6.45) is 3.83. The minimum absolute atomic E-state index is 0.618. The van der Waals surface area contributed by atoms with Crippen LogP contribution in [0.4, 0.5) is 0 Å². The third-order valence-corrected chi connectivity index (χ3v) is 3.08. The summed E-state index contributed by atoms with van der Waals surface area (Å²) in [4.78, 5) is 7.73. The second-order valence-corrected chi connectivity index (χ2v) is 4.53. The van der Waals surface area contributed by atoms with Crippen LogP contribution in [0, 0.1) is 0 Å². The number of hydrogen-bond acceptors (Lipinski definition) is 3. The molecule has 0 radical (unpaired) electrons. The SMILES string of the molecule is OC(c1cncnc1)c1ccc(Cl)cc1Br. The minimum Gasteiger partial charge on any atom is -0.383 e. The molecule has 0 bridgehead atoms. The van der Waals surface area contributed by atoms with Gasteiger partial charge in [-0.3, -0.25) is 0 Å². The molecule has 0 aliphatic carbocycles. The molecular weight excluding hydrogens is 291 g/mol. The molecule has 1 N–H and O–H groups in total. The molecule has 0 saturated carbocycles. The van der Waals surface area contributed by atoms with Crippen molar-refractivity contribution in [2.75, 3.05) is 0 Å². The van der Waals surface area contributed by atoms with Crippen molar-refractivity contribution in [3.8, 4) is 0 Å². The lowest BCUT2D eigenvalue weighted by Crippen LogP contribution is -2.01. The van der Waals surface area contributed by atoms with E-state index in [1.807, 2.05) is 0 Å². The average Bonchev–Trinajstić information content (AvgIpc) is 2.29. The summed E-state index contributed by atoms with van der Waals surface area (Å²) in [7, 11) is 0. The number of halogens is 2. The fourth-order valence-electron chi connectivity index (χ4n) is 1.35. The highest BCUT2D eigenvalue weighted by molar-refractivity contribution is 9.10. The largest absolute Gasteiger partial charge is 0.383 e. The number of aromatic nitrogens is 2. The topological polar surface area (TPSA) is 46.0 Å². The highest BCUT2D eigenvalue weighted by Crippen LogP contribution is 2.29. The Bertz CT molecular complexity index is 493. The first-order valence-corrected chi connectivity index (χ1v) is 5.73. The van der Waals surface area contributed by atoms with Crippen molar-refractivity contribution in [2.45, 2.75) is 6.10 Å². The first-order chi connectivity index (χ1) is 7.68. The highest BCUT2D eigenvalue weighted by atomic mass is 79.9. The van der Waals surface area contributed by atoms with Crippen molar-refractivity contribution < 1.29 is 5.11 Å². The molecule has 16 heavy (non-hydrogen) atoms. The Hall–Kier alpha value is -0.970. The lowest BCUT2D eigenvalue weighted by atomic mass is 10.0. The Labute approximate surface area is 106 Å². The summed E-state index contributed by atoms with van der Waals surface area (Å²) < 4.78 is 0.761. The third-order valence-electron chi connectivity index (χ3n) is 2.15. The maximum atomic E-state index is 10.1. The Morgan fingerprint density at radius 3 is 2.56 bits per heavy atom. The van der Waals surface area contributed by atoms with Crippen molar-refractivity contribution in [3.05, 3.63) is 57.5 Å². The number of rotatable bonds is 2. The smallest absolute Gasteiger partial charge is 0.115 e. The van der Waals surface area contributed by atoms with Crippen LogP contribution >= 0.6 is 27.5 Å². The summed E-state index contributed by atoms with van der Waals surface area (Å²) >= 11 is 9.19. The third kappa shape index (κ3) is 2.40. The summed E-state index contributed by atoms with van der Waals surface area (Å²) in [6.45, 7) is 0. The molecule has 2 rings (SSSR count). The van der Waals surface area contributed by atoms with Gasteiger partial charge in [-0.05, 0) is 17.7 Å². The number of nitrogens with zero attached hydrogens (tertiary/aromatic N) is 2. The van der Waals surface area contributed by atoms with Gasteiger partial charge in [-0.15, -0.1) is 0 Å². The van der Waals surface area contributed by atoms with E-state index in [9.17, 15) is 5.11 Å². The minimum atomic E-state index is -0.757. The molecule has 82 valence electrons. The lowest BCUT2D eigenvalue weighted by molar-refractivity contribution is 0.218. The normalized spacial score (nSPS) is 12.4. The van der Waals surface area contributed by atoms with Gasteiger partial charge in [0.2, 0.25) is 0 Å². The maximum absolute atomic E-state index is 10.1. The Morgan fingerprint density at radius 1 is 1.25 bits per heavy atom. The second-order valence-electron chi connectivity index (χ2n) is 3.24. The Kier molecular flexibility index (Phi) is 3.53. The number of aliphatic hydroxyl groups is 1. The van der Waals surface area contributed by atoms with Crippen LogP contribution in [0.3, 0.4) is 0 Å². The first-order valence-electron chi connectivity index (χ1n) is 4.56. The van der Waals surface area contributed by atoms with E-state index in [2.05, 4.69) is 25.9 Å². The first kappa shape index (κ1) is 11.5. The van der Waals surface area contributed by atoms with E-state index in [4.69, 9.17) is 11.6 Å². The van der Waals surface area contributed by atoms with Gasteiger partial charge >= 0.3 is 0 Å². The molecule has 0 spiro atoms. The predicted molar refractivity (Wildman–Crippen MR) is 65.2 cm³/mol. The van der Waals surface area contributed by atoms with Crippen LogP contribution in [-0.4, -0.2) is 15.1 Å². The van der Waals surface area contributed by atoms with Gasteiger partial charge in [-0.25, -0.2) is 9.97 Å². The Balaban J connectivity index is 2.38. The van der Waals surface area contributed by atoms with E-state index < -0.39 is 6.10 Å². The molecule has 2 aromatic rings. The molecule has 0 fully saturated rings. The van der Waals surface area contributed by atoms with Gasteiger partial charge in [-0.2, -0.15) is 0 Å². The average molecular weight is 300 g/mol. The molecule has 1 aromatic carbocycles. The second kappa shape index (κ2) is 4.91. The monoisotopic (exact) mass is 298 g/mol. The van der Waals surface area contributed by atoms with Gasteiger partial charge in [0.1, 0.15) is 12.4 Å². The van der Waals surface area contributed by atoms with Crippen LogP contribution in [-0.2, 0) is 0 Å². The molecule has 1 atom stereocenters. The molecule has 1 aromatic heterocycles. The van der Waals surface area contributed by atoms with Crippen molar-refractivity contribution >= 4 is 27.5 Å². The van der Waals surface area contributed by atoms with Crippen LogP contribution in [0.15, 0.2) is 41.4 Å². The molecule has 0 amide bonds. The molecule has 3 nitrogen and oxygen atoms in total. The fourth-order valence-corrected chi connectivity index (χ4v) is 2.25. The highest BCUT2D eigenvalue weighted by Gasteiger charge is 2.14. The molecule has 0 saturated heterocycles.